The van der Waals surface area contributed by atoms with Crippen LogP contribution in [0.2, 0.25) is 0 Å². The Balaban J connectivity index is 2.74. The Hall–Kier alpha value is -0.780. The molecule has 0 saturated carbocycles. The van der Waals surface area contributed by atoms with Crippen molar-refractivity contribution in [3.8, 4) is 11.8 Å². The maximum atomic E-state index is 9.95. The van der Waals surface area contributed by atoms with Crippen molar-refractivity contribution in [2.45, 2.75) is 32.8 Å². The van der Waals surface area contributed by atoms with E-state index in [2.05, 4.69) is 27.8 Å². The van der Waals surface area contributed by atoms with Gasteiger partial charge in [-0.2, -0.15) is 0 Å². The zero-order valence-electron chi connectivity index (χ0n) is 9.05. The Morgan fingerprint density at radius 2 is 2.20 bits per heavy atom. The third-order valence-corrected chi connectivity index (χ3v) is 2.95. The number of hydrogen-bond acceptors (Lipinski definition) is 1. The van der Waals surface area contributed by atoms with Gasteiger partial charge < -0.3 is 5.11 Å². The molecule has 1 rings (SSSR count). The Labute approximate surface area is 99.6 Å². The number of aryl methyl sites for hydroxylation is 1. The van der Waals surface area contributed by atoms with Gasteiger partial charge in [0, 0.05) is 10.9 Å². The number of rotatable bonds is 3. The molecule has 1 atom stereocenters. The van der Waals surface area contributed by atoms with Crippen molar-refractivity contribution >= 4 is 15.9 Å². The molecule has 0 heterocycles. The summed E-state index contributed by atoms with van der Waals surface area (Å²) in [5, 5.41) is 9.95. The van der Waals surface area contributed by atoms with Gasteiger partial charge in [-0.15, -0.1) is 11.8 Å². The average Bonchev–Trinajstić information content (AvgIpc) is 2.22. The molecule has 80 valence electrons. The zero-order chi connectivity index (χ0) is 11.3. The molecule has 1 aromatic carbocycles. The van der Waals surface area contributed by atoms with E-state index in [1.54, 1.807) is 0 Å². The maximum absolute atomic E-state index is 9.95. The first kappa shape index (κ1) is 12.3. The monoisotopic (exact) mass is 266 g/mol. The molecule has 0 radical (unpaired) electrons. The molecule has 2 heteroatoms. The lowest BCUT2D eigenvalue weighted by molar-refractivity contribution is 0.168. The van der Waals surface area contributed by atoms with Gasteiger partial charge in [-0.3, -0.25) is 0 Å². The first-order valence-corrected chi connectivity index (χ1v) is 5.78. The molecule has 0 bridgehead atoms. The summed E-state index contributed by atoms with van der Waals surface area (Å²) in [4.78, 5) is 0. The smallest absolute Gasteiger partial charge is 0.0810 e. The Bertz CT molecular complexity index is 387. The normalized spacial score (nSPS) is 11.7. The zero-order valence-corrected chi connectivity index (χ0v) is 10.6. The van der Waals surface area contributed by atoms with E-state index in [-0.39, 0.29) is 0 Å². The average molecular weight is 267 g/mol. The highest BCUT2D eigenvalue weighted by Gasteiger charge is 2.10. The Morgan fingerprint density at radius 1 is 1.47 bits per heavy atom. The number of aliphatic hydroxyl groups is 1. The Morgan fingerprint density at radius 3 is 2.87 bits per heavy atom. The van der Waals surface area contributed by atoms with Crippen molar-refractivity contribution in [1.82, 2.24) is 0 Å². The molecule has 0 saturated heterocycles. The highest BCUT2D eigenvalue weighted by molar-refractivity contribution is 9.10. The van der Waals surface area contributed by atoms with Crippen LogP contribution in [0.5, 0.6) is 0 Å². The first-order valence-electron chi connectivity index (χ1n) is 4.99. The minimum atomic E-state index is -0.430. The van der Waals surface area contributed by atoms with Gasteiger partial charge in [-0.25, -0.2) is 0 Å². The van der Waals surface area contributed by atoms with Gasteiger partial charge in [0.2, 0.25) is 0 Å². The molecule has 0 aliphatic rings. The van der Waals surface area contributed by atoms with E-state index in [1.807, 2.05) is 32.0 Å². The fourth-order valence-corrected chi connectivity index (χ4v) is 1.92. The molecule has 0 aromatic heterocycles. The summed E-state index contributed by atoms with van der Waals surface area (Å²) in [6.07, 6.45) is 0.987. The lowest BCUT2D eigenvalue weighted by atomic mass is 10.0. The van der Waals surface area contributed by atoms with Crippen LogP contribution < -0.4 is 0 Å². The fraction of sp³-hybridized carbons (Fsp3) is 0.385. The van der Waals surface area contributed by atoms with E-state index in [0.717, 1.165) is 22.0 Å². The summed E-state index contributed by atoms with van der Waals surface area (Å²) in [5.74, 6) is 5.79. The number of hydrogen-bond donors (Lipinski definition) is 1. The van der Waals surface area contributed by atoms with E-state index in [0.29, 0.717) is 6.42 Å². The summed E-state index contributed by atoms with van der Waals surface area (Å²) in [7, 11) is 0. The van der Waals surface area contributed by atoms with Crippen molar-refractivity contribution in [1.29, 1.82) is 0 Å². The van der Waals surface area contributed by atoms with Gasteiger partial charge in [0.05, 0.1) is 6.10 Å². The van der Waals surface area contributed by atoms with Crippen LogP contribution in [0.4, 0.5) is 0 Å². The van der Waals surface area contributed by atoms with Crippen LogP contribution in [0.1, 0.15) is 37.0 Å². The summed E-state index contributed by atoms with van der Waals surface area (Å²) in [6, 6.07) is 6.00. The van der Waals surface area contributed by atoms with E-state index in [9.17, 15) is 5.11 Å². The molecule has 1 nitrogen and oxygen atoms in total. The molecule has 1 aromatic rings. The van der Waals surface area contributed by atoms with Crippen LogP contribution in [0.3, 0.4) is 0 Å². The van der Waals surface area contributed by atoms with E-state index in [4.69, 9.17) is 0 Å². The third-order valence-electron chi connectivity index (χ3n) is 2.23. The second-order valence-electron chi connectivity index (χ2n) is 3.51. The molecule has 1 N–H and O–H groups in total. The van der Waals surface area contributed by atoms with Gasteiger partial charge in [0.25, 0.3) is 0 Å². The third kappa shape index (κ3) is 3.70. The predicted molar refractivity (Wildman–Crippen MR) is 66.5 cm³/mol. The van der Waals surface area contributed by atoms with Gasteiger partial charge in [-0.1, -0.05) is 33.6 Å². The summed E-state index contributed by atoms with van der Waals surface area (Å²) < 4.78 is 0.963. The SMILES string of the molecule is CC#CCCC(O)c1cc(C)ccc1Br. The van der Waals surface area contributed by atoms with Gasteiger partial charge in [0.1, 0.15) is 0 Å². The molecule has 0 aliphatic carbocycles. The predicted octanol–water partition coefficient (Wildman–Crippen LogP) is 3.59. The minimum Gasteiger partial charge on any atom is -0.388 e. The molecule has 0 fully saturated rings. The van der Waals surface area contributed by atoms with Crippen LogP contribution in [0.25, 0.3) is 0 Å². The number of halogens is 1. The van der Waals surface area contributed by atoms with E-state index < -0.39 is 6.10 Å². The van der Waals surface area contributed by atoms with Crippen LogP contribution in [-0.2, 0) is 0 Å². The van der Waals surface area contributed by atoms with Crippen molar-refractivity contribution in [2.24, 2.45) is 0 Å². The summed E-state index contributed by atoms with van der Waals surface area (Å²) in [6.45, 7) is 3.84. The summed E-state index contributed by atoms with van der Waals surface area (Å²) >= 11 is 3.44. The minimum absolute atomic E-state index is 0.430. The molecular weight excluding hydrogens is 252 g/mol. The standard InChI is InChI=1S/C13H15BrO/c1-3-4-5-6-13(15)11-9-10(2)7-8-12(11)14/h7-9,13,15H,5-6H2,1-2H3. The van der Waals surface area contributed by atoms with Crippen LogP contribution in [0.15, 0.2) is 22.7 Å². The van der Waals surface area contributed by atoms with Crippen molar-refractivity contribution in [2.75, 3.05) is 0 Å². The molecule has 0 amide bonds. The van der Waals surface area contributed by atoms with Crippen molar-refractivity contribution in [3.05, 3.63) is 33.8 Å². The molecule has 0 aliphatic heterocycles. The van der Waals surface area contributed by atoms with E-state index in [1.165, 1.54) is 0 Å². The van der Waals surface area contributed by atoms with Crippen molar-refractivity contribution < 1.29 is 5.11 Å². The Kier molecular flexibility index (Phi) is 4.87. The topological polar surface area (TPSA) is 20.2 Å². The first-order chi connectivity index (χ1) is 7.15. The fourth-order valence-electron chi connectivity index (χ4n) is 1.41. The van der Waals surface area contributed by atoms with Gasteiger partial charge in [-0.05, 0) is 31.9 Å². The van der Waals surface area contributed by atoms with Crippen LogP contribution >= 0.6 is 15.9 Å². The number of aliphatic hydroxyl groups excluding tert-OH is 1. The van der Waals surface area contributed by atoms with Gasteiger partial charge in [0.15, 0.2) is 0 Å². The van der Waals surface area contributed by atoms with E-state index >= 15 is 0 Å². The highest BCUT2D eigenvalue weighted by Crippen LogP contribution is 2.27. The highest BCUT2D eigenvalue weighted by atomic mass is 79.9. The van der Waals surface area contributed by atoms with Crippen molar-refractivity contribution in [3.63, 3.8) is 0 Å². The lowest BCUT2D eigenvalue weighted by Gasteiger charge is -2.12. The summed E-state index contributed by atoms with van der Waals surface area (Å²) in [5.41, 5.74) is 2.11. The quantitative estimate of drug-likeness (QED) is 0.830. The molecule has 15 heavy (non-hydrogen) atoms. The maximum Gasteiger partial charge on any atom is 0.0810 e. The lowest BCUT2D eigenvalue weighted by Crippen LogP contribution is -1.98. The second-order valence-corrected chi connectivity index (χ2v) is 4.36. The van der Waals surface area contributed by atoms with Crippen LogP contribution in [0, 0.1) is 18.8 Å². The number of benzene rings is 1. The largest absolute Gasteiger partial charge is 0.388 e. The van der Waals surface area contributed by atoms with Gasteiger partial charge >= 0.3 is 0 Å². The van der Waals surface area contributed by atoms with Crippen LogP contribution in [-0.4, -0.2) is 5.11 Å². The molecular formula is C13H15BrO. The molecule has 0 spiro atoms. The second kappa shape index (κ2) is 5.95. The molecule has 1 unspecified atom stereocenters.